The Morgan fingerprint density at radius 3 is 0.167 bits per heavy atom. The Morgan fingerprint density at radius 1 is 0.167 bits per heavy atom. The van der Waals surface area contributed by atoms with E-state index in [-0.39, 0.29) is 126 Å². The topological polar surface area (TPSA) is 0 Å². The van der Waals surface area contributed by atoms with Crippen LogP contribution in [-0.4, -0.2) is 0 Å². The molecule has 0 fully saturated rings. The Hall–Kier alpha value is 4.13. The van der Waals surface area contributed by atoms with Gasteiger partial charge in [0.15, 0.2) is 0 Å². The summed E-state index contributed by atoms with van der Waals surface area (Å²) < 4.78 is 0. The van der Waals surface area contributed by atoms with Crippen molar-refractivity contribution in [2.45, 2.75) is 0 Å². The Morgan fingerprint density at radius 2 is 0.167 bits per heavy atom. The predicted molar refractivity (Wildman–Crippen MR) is 0 cm³/mol. The Bertz CT molecular complexity index is 0. The van der Waals surface area contributed by atoms with Crippen LogP contribution in [0.3, 0.4) is 0 Å². The summed E-state index contributed by atoms with van der Waals surface area (Å²) in [5.41, 5.74) is 0. The number of rotatable bonds is 0. The second kappa shape index (κ2) is 35.4. The van der Waals surface area contributed by atoms with Crippen LogP contribution in [0.1, 0.15) is 0 Å². The molecule has 60 valence electrons. The minimum Gasteiger partial charge on any atom is 0 e. The summed E-state index contributed by atoms with van der Waals surface area (Å²) in [7, 11) is 0. The van der Waals surface area contributed by atoms with Gasteiger partial charge in [0.25, 0.3) is 0 Å². The zero-order valence-electron chi connectivity index (χ0n) is 1.90. The normalized spacial score (nSPS) is 0. The summed E-state index contributed by atoms with van der Waals surface area (Å²) in [6.07, 6.45) is 0. The smallest absolute Gasteiger partial charge is 0 e. The van der Waals surface area contributed by atoms with Gasteiger partial charge in [0.2, 0.25) is 0 Å². The van der Waals surface area contributed by atoms with Crippen molar-refractivity contribution in [3.05, 3.63) is 0 Å². The van der Waals surface area contributed by atoms with Gasteiger partial charge in [-0.3, -0.25) is 0 Å². The zero-order chi connectivity index (χ0) is 0. The van der Waals surface area contributed by atoms with Crippen LogP contribution in [0.2, 0.25) is 0 Å². The molecule has 0 nitrogen and oxygen atoms in total. The molecule has 0 saturated heterocycles. The summed E-state index contributed by atoms with van der Waals surface area (Å²) in [6, 6.07) is 0. The first-order valence-electron chi connectivity index (χ1n) is 0. The third-order valence-corrected chi connectivity index (χ3v) is 0. The van der Waals surface area contributed by atoms with E-state index < -0.39 is 0 Å². The van der Waals surface area contributed by atoms with Gasteiger partial charge >= 0.3 is 0 Å². The number of hydrogen-bond acceptors (Lipinski definition) is 0. The van der Waals surface area contributed by atoms with Crippen molar-refractivity contribution in [2.24, 2.45) is 0 Å². The minimum absolute atomic E-state index is 0. The average molecular weight is 1170 g/mol. The molecular formula is Pt6. The maximum atomic E-state index is 0. The van der Waals surface area contributed by atoms with Gasteiger partial charge < -0.3 is 0 Å². The summed E-state index contributed by atoms with van der Waals surface area (Å²) in [4.78, 5) is 0. The van der Waals surface area contributed by atoms with Crippen LogP contribution in [0.15, 0.2) is 0 Å². The maximum Gasteiger partial charge on any atom is 0 e. The predicted octanol–water partition coefficient (Wildman–Crippen LogP) is -0.0150. The molecule has 6 heteroatoms. The SMILES string of the molecule is [Pt].[Pt].[Pt].[Pt].[Pt].[Pt]. The minimum atomic E-state index is 0. The van der Waals surface area contributed by atoms with Crippen LogP contribution >= 0.6 is 0 Å². The fourth-order valence-electron chi connectivity index (χ4n) is 0. The van der Waals surface area contributed by atoms with Crippen molar-refractivity contribution < 1.29 is 126 Å². The first-order chi connectivity index (χ1) is 0. The van der Waals surface area contributed by atoms with Crippen molar-refractivity contribution in [1.29, 1.82) is 0 Å². The van der Waals surface area contributed by atoms with Crippen LogP contribution in [-0.2, 0) is 126 Å². The molecule has 0 N–H and O–H groups in total. The van der Waals surface area contributed by atoms with Crippen LogP contribution in [0.5, 0.6) is 0 Å². The third-order valence-electron chi connectivity index (χ3n) is 0. The van der Waals surface area contributed by atoms with Crippen molar-refractivity contribution in [3.63, 3.8) is 0 Å². The average Bonchev–Trinajstić information content (AvgIpc) is 0. The molecule has 0 aliphatic carbocycles. The first-order valence-corrected chi connectivity index (χ1v) is 0. The summed E-state index contributed by atoms with van der Waals surface area (Å²) >= 11 is 0. The van der Waals surface area contributed by atoms with Crippen molar-refractivity contribution in [3.8, 4) is 0 Å². The standard InChI is InChI=1S/6Pt. The Kier molecular flexibility index (Phi) is 292. The van der Waals surface area contributed by atoms with E-state index in [1.807, 2.05) is 0 Å². The van der Waals surface area contributed by atoms with E-state index in [1.54, 1.807) is 0 Å². The van der Waals surface area contributed by atoms with Gasteiger partial charge in [0.05, 0.1) is 0 Å². The van der Waals surface area contributed by atoms with E-state index in [0.29, 0.717) is 0 Å². The van der Waals surface area contributed by atoms with E-state index in [0.717, 1.165) is 0 Å². The second-order valence-corrected chi connectivity index (χ2v) is 0. The molecular weight excluding hydrogens is 1170 g/mol. The van der Waals surface area contributed by atoms with Crippen LogP contribution in [0.4, 0.5) is 0 Å². The van der Waals surface area contributed by atoms with Crippen molar-refractivity contribution in [1.82, 2.24) is 0 Å². The molecule has 0 unspecified atom stereocenters. The molecule has 0 aliphatic rings. The molecule has 0 radical (unpaired) electrons. The molecule has 0 spiro atoms. The van der Waals surface area contributed by atoms with E-state index in [9.17, 15) is 0 Å². The molecule has 6 heavy (non-hydrogen) atoms. The Labute approximate surface area is 124 Å². The monoisotopic (exact) mass is 1170 g/mol. The molecule has 0 saturated carbocycles. The molecule has 0 aliphatic heterocycles. The molecule has 0 amide bonds. The van der Waals surface area contributed by atoms with Gasteiger partial charge in [-0.05, 0) is 0 Å². The molecule has 0 bridgehead atoms. The van der Waals surface area contributed by atoms with Gasteiger partial charge in [-0.15, -0.1) is 0 Å². The summed E-state index contributed by atoms with van der Waals surface area (Å²) in [5, 5.41) is 0. The van der Waals surface area contributed by atoms with E-state index in [4.69, 9.17) is 0 Å². The first kappa shape index (κ1) is 49.5. The zero-order valence-corrected chi connectivity index (χ0v) is 15.5. The van der Waals surface area contributed by atoms with Gasteiger partial charge in [0, 0.05) is 126 Å². The quantitative estimate of drug-likeness (QED) is 0.321. The fraction of sp³-hybridized carbons (Fsp3) is 0. The van der Waals surface area contributed by atoms with Gasteiger partial charge in [-0.25, -0.2) is 0 Å². The van der Waals surface area contributed by atoms with Gasteiger partial charge in [0.1, 0.15) is 0 Å². The van der Waals surface area contributed by atoms with E-state index >= 15 is 0 Å². The molecule has 0 atom stereocenters. The molecule has 0 rings (SSSR count). The summed E-state index contributed by atoms with van der Waals surface area (Å²) in [6.45, 7) is 0. The summed E-state index contributed by atoms with van der Waals surface area (Å²) in [5.74, 6) is 0. The largest absolute Gasteiger partial charge is 0 e. The van der Waals surface area contributed by atoms with Crippen molar-refractivity contribution in [2.75, 3.05) is 0 Å². The van der Waals surface area contributed by atoms with Gasteiger partial charge in [-0.2, -0.15) is 0 Å². The van der Waals surface area contributed by atoms with Crippen LogP contribution < -0.4 is 0 Å². The maximum absolute atomic E-state index is 0. The Balaban J connectivity index is 0. The molecule has 0 aromatic rings. The third kappa shape index (κ3) is 24.2. The second-order valence-electron chi connectivity index (χ2n) is 0. The van der Waals surface area contributed by atoms with Crippen LogP contribution in [0.25, 0.3) is 0 Å². The molecule has 0 heterocycles. The number of hydrogen-bond donors (Lipinski definition) is 0. The van der Waals surface area contributed by atoms with Crippen LogP contribution in [0, 0.1) is 0 Å². The van der Waals surface area contributed by atoms with Crippen molar-refractivity contribution >= 4 is 0 Å². The fourth-order valence-corrected chi connectivity index (χ4v) is 0. The molecule has 0 aromatic heterocycles. The van der Waals surface area contributed by atoms with E-state index in [2.05, 4.69) is 0 Å². The molecule has 0 aromatic carbocycles. The van der Waals surface area contributed by atoms with E-state index in [1.165, 1.54) is 0 Å². The van der Waals surface area contributed by atoms with Gasteiger partial charge in [-0.1, -0.05) is 0 Å².